The van der Waals surface area contributed by atoms with Crippen LogP contribution in [0.15, 0.2) is 11.7 Å². The van der Waals surface area contributed by atoms with Crippen LogP contribution >= 0.6 is 23.1 Å². The third-order valence-electron chi connectivity index (χ3n) is 2.80. The second-order valence-corrected chi connectivity index (χ2v) is 6.35. The Kier molecular flexibility index (Phi) is 4.47. The Hall–Kier alpha value is -0.0600. The van der Waals surface area contributed by atoms with Gasteiger partial charge in [0.2, 0.25) is 0 Å². The van der Waals surface area contributed by atoms with Gasteiger partial charge in [-0.05, 0) is 25.5 Å². The van der Waals surface area contributed by atoms with E-state index in [0.717, 1.165) is 11.8 Å². The van der Waals surface area contributed by atoms with E-state index < -0.39 is 0 Å². The van der Waals surface area contributed by atoms with Gasteiger partial charge in [0.15, 0.2) is 0 Å². The molecule has 1 aliphatic rings. The highest BCUT2D eigenvalue weighted by atomic mass is 32.2. The van der Waals surface area contributed by atoms with E-state index in [1.165, 1.54) is 29.9 Å². The summed E-state index contributed by atoms with van der Waals surface area (Å²) in [6.45, 7) is 3.37. The van der Waals surface area contributed by atoms with Crippen LogP contribution in [-0.2, 0) is 0 Å². The summed E-state index contributed by atoms with van der Waals surface area (Å²) in [5.41, 5.74) is 1.91. The minimum Gasteiger partial charge on any atom is -0.308 e. The number of rotatable bonds is 4. The fraction of sp³-hybridized carbons (Fsp3) is 0.727. The van der Waals surface area contributed by atoms with Crippen LogP contribution in [0.1, 0.15) is 37.1 Å². The van der Waals surface area contributed by atoms with Gasteiger partial charge in [-0.25, -0.2) is 0 Å². The third-order valence-corrected chi connectivity index (χ3v) is 5.16. The maximum atomic E-state index is 4.11. The molecule has 0 aromatic carbocycles. The Balaban J connectivity index is 1.73. The molecule has 2 nitrogen and oxygen atoms in total. The fourth-order valence-corrected chi connectivity index (χ4v) is 3.72. The van der Waals surface area contributed by atoms with Crippen molar-refractivity contribution in [3.05, 3.63) is 16.6 Å². The van der Waals surface area contributed by atoms with Crippen molar-refractivity contribution in [2.45, 2.75) is 37.5 Å². The highest BCUT2D eigenvalue weighted by Gasteiger charge is 2.15. The first-order valence-corrected chi connectivity index (χ1v) is 7.52. The van der Waals surface area contributed by atoms with Crippen LogP contribution in [0.4, 0.5) is 0 Å². The van der Waals surface area contributed by atoms with E-state index in [1.807, 2.05) is 11.7 Å². The predicted octanol–water partition coefficient (Wildman–Crippen LogP) is 3.08. The Bertz CT molecular complexity index is 268. The Morgan fingerprint density at radius 3 is 3.20 bits per heavy atom. The molecule has 2 atom stereocenters. The number of nitrogens with one attached hydrogen (secondary N) is 1. The summed E-state index contributed by atoms with van der Waals surface area (Å²) >= 11 is 3.86. The van der Waals surface area contributed by atoms with E-state index >= 15 is 0 Å². The van der Waals surface area contributed by atoms with E-state index in [9.17, 15) is 0 Å². The molecule has 0 spiro atoms. The molecule has 2 unspecified atom stereocenters. The third kappa shape index (κ3) is 3.47. The maximum absolute atomic E-state index is 4.11. The minimum absolute atomic E-state index is 0.458. The van der Waals surface area contributed by atoms with E-state index in [0.29, 0.717) is 6.04 Å². The van der Waals surface area contributed by atoms with E-state index in [1.54, 1.807) is 11.3 Å². The van der Waals surface area contributed by atoms with Crippen molar-refractivity contribution < 1.29 is 0 Å². The van der Waals surface area contributed by atoms with Crippen molar-refractivity contribution in [3.63, 3.8) is 0 Å². The number of aromatic nitrogens is 1. The second kappa shape index (κ2) is 5.87. The smallest absolute Gasteiger partial charge is 0.0794 e. The molecule has 0 radical (unpaired) electrons. The fourth-order valence-electron chi connectivity index (χ4n) is 1.82. The molecule has 0 amide bonds. The second-order valence-electron chi connectivity index (χ2n) is 4.02. The summed E-state index contributed by atoms with van der Waals surface area (Å²) in [6.07, 6.45) is 6.17. The zero-order valence-corrected chi connectivity index (χ0v) is 10.7. The molecule has 1 N–H and O–H groups in total. The van der Waals surface area contributed by atoms with Gasteiger partial charge in [0.05, 0.1) is 5.51 Å². The average Bonchev–Trinajstić information content (AvgIpc) is 2.81. The average molecular weight is 242 g/mol. The molecule has 2 heterocycles. The van der Waals surface area contributed by atoms with Crippen LogP contribution in [0.25, 0.3) is 0 Å². The molecule has 2 rings (SSSR count). The lowest BCUT2D eigenvalue weighted by atomic mass is 10.2. The first-order chi connectivity index (χ1) is 7.36. The van der Waals surface area contributed by atoms with Gasteiger partial charge in [-0.3, -0.25) is 4.98 Å². The minimum atomic E-state index is 0.458. The van der Waals surface area contributed by atoms with Crippen molar-refractivity contribution in [1.82, 2.24) is 10.3 Å². The van der Waals surface area contributed by atoms with Crippen LogP contribution in [0, 0.1) is 0 Å². The van der Waals surface area contributed by atoms with Gasteiger partial charge in [0.1, 0.15) is 0 Å². The lowest BCUT2D eigenvalue weighted by Gasteiger charge is -2.23. The molecule has 0 saturated carbocycles. The van der Waals surface area contributed by atoms with E-state index in [-0.39, 0.29) is 0 Å². The van der Waals surface area contributed by atoms with Crippen molar-refractivity contribution in [1.29, 1.82) is 0 Å². The summed E-state index contributed by atoms with van der Waals surface area (Å²) in [5, 5.41) is 4.43. The molecule has 4 heteroatoms. The predicted molar refractivity (Wildman–Crippen MR) is 68.6 cm³/mol. The van der Waals surface area contributed by atoms with Gasteiger partial charge < -0.3 is 5.32 Å². The van der Waals surface area contributed by atoms with Gasteiger partial charge in [-0.15, -0.1) is 11.3 Å². The molecule has 1 aliphatic heterocycles. The highest BCUT2D eigenvalue weighted by molar-refractivity contribution is 7.99. The van der Waals surface area contributed by atoms with Crippen molar-refractivity contribution in [2.75, 3.05) is 12.3 Å². The normalized spacial score (nSPS) is 23.9. The topological polar surface area (TPSA) is 24.9 Å². The zero-order chi connectivity index (χ0) is 10.5. The molecule has 0 bridgehead atoms. The zero-order valence-electron chi connectivity index (χ0n) is 9.11. The summed E-state index contributed by atoms with van der Waals surface area (Å²) in [5.74, 6) is 1.35. The summed E-state index contributed by atoms with van der Waals surface area (Å²) in [4.78, 5) is 5.45. The van der Waals surface area contributed by atoms with Crippen molar-refractivity contribution >= 4 is 23.1 Å². The number of nitrogens with zero attached hydrogens (tertiary/aromatic N) is 1. The van der Waals surface area contributed by atoms with Crippen LogP contribution < -0.4 is 5.32 Å². The Morgan fingerprint density at radius 2 is 2.53 bits per heavy atom. The standard InChI is InChI=1S/C11H18N2S2/c1-9(11-7-12-8-15-11)13-6-10-4-2-3-5-14-10/h7-10,13H,2-6H2,1H3. The Labute approximate surface area is 99.9 Å². The lowest BCUT2D eigenvalue weighted by Crippen LogP contribution is -2.28. The molecule has 1 aromatic heterocycles. The molecule has 84 valence electrons. The molecule has 1 fully saturated rings. The van der Waals surface area contributed by atoms with Crippen LogP contribution in [-0.4, -0.2) is 22.5 Å². The van der Waals surface area contributed by atoms with E-state index in [4.69, 9.17) is 0 Å². The number of thiazole rings is 1. The summed E-state index contributed by atoms with van der Waals surface area (Å²) in [6, 6.07) is 0.458. The monoisotopic (exact) mass is 242 g/mol. The molecular formula is C11H18N2S2. The highest BCUT2D eigenvalue weighted by Crippen LogP contribution is 2.25. The van der Waals surface area contributed by atoms with Crippen LogP contribution in [0.5, 0.6) is 0 Å². The first-order valence-electron chi connectivity index (χ1n) is 5.59. The number of thioether (sulfide) groups is 1. The number of hydrogen-bond donors (Lipinski definition) is 1. The van der Waals surface area contributed by atoms with Gasteiger partial charge in [0.25, 0.3) is 0 Å². The van der Waals surface area contributed by atoms with Crippen LogP contribution in [0.2, 0.25) is 0 Å². The molecule has 0 aliphatic carbocycles. The van der Waals surface area contributed by atoms with E-state index in [2.05, 4.69) is 29.0 Å². The maximum Gasteiger partial charge on any atom is 0.0794 e. The number of hydrogen-bond acceptors (Lipinski definition) is 4. The van der Waals surface area contributed by atoms with Crippen LogP contribution in [0.3, 0.4) is 0 Å². The van der Waals surface area contributed by atoms with Gasteiger partial charge >= 0.3 is 0 Å². The lowest BCUT2D eigenvalue weighted by molar-refractivity contribution is 0.543. The molecule has 1 aromatic rings. The Morgan fingerprint density at radius 1 is 1.60 bits per heavy atom. The molecule has 15 heavy (non-hydrogen) atoms. The first kappa shape index (κ1) is 11.4. The van der Waals surface area contributed by atoms with Gasteiger partial charge in [-0.1, -0.05) is 6.42 Å². The van der Waals surface area contributed by atoms with Gasteiger partial charge in [-0.2, -0.15) is 11.8 Å². The molecular weight excluding hydrogens is 224 g/mol. The molecule has 1 saturated heterocycles. The quantitative estimate of drug-likeness (QED) is 0.878. The van der Waals surface area contributed by atoms with Gasteiger partial charge in [0, 0.05) is 28.9 Å². The van der Waals surface area contributed by atoms with Crippen molar-refractivity contribution in [2.24, 2.45) is 0 Å². The summed E-state index contributed by atoms with van der Waals surface area (Å²) < 4.78 is 0. The largest absolute Gasteiger partial charge is 0.308 e. The SMILES string of the molecule is CC(NCC1CCCCS1)c1cncs1. The van der Waals surface area contributed by atoms with Crippen molar-refractivity contribution in [3.8, 4) is 0 Å². The summed E-state index contributed by atoms with van der Waals surface area (Å²) in [7, 11) is 0.